The molecular formula is C63H71N7O21. The van der Waals surface area contributed by atoms with Crippen molar-refractivity contribution >= 4 is 89.0 Å². The van der Waals surface area contributed by atoms with Crippen molar-refractivity contribution in [2.24, 2.45) is 0 Å². The van der Waals surface area contributed by atoms with Crippen molar-refractivity contribution in [3.63, 3.8) is 0 Å². The van der Waals surface area contributed by atoms with Gasteiger partial charge < -0.3 is 79.8 Å². The summed E-state index contributed by atoms with van der Waals surface area (Å²) in [6, 6.07) is 14.4. The molecule has 3 aromatic carbocycles. The van der Waals surface area contributed by atoms with E-state index in [0.29, 0.717) is 0 Å². The average molecular weight is 1260 g/mol. The van der Waals surface area contributed by atoms with Crippen molar-refractivity contribution < 1.29 is 100 Å². The first kappa shape index (κ1) is 73.7. The Hall–Kier alpha value is -11.6. The van der Waals surface area contributed by atoms with Gasteiger partial charge in [-0.2, -0.15) is 0 Å². The van der Waals surface area contributed by atoms with Gasteiger partial charge in [0.1, 0.15) is 75.0 Å². The number of carbonyl (C=O) groups excluding carboxylic acids is 12. The number of anilines is 3. The SMILES string of the molecule is C=CC(=O)OCC(C)(COC(=O)C=C)NC(=O)Nc1ccc(C(OC(=O)NC(C)(COC(=O)C=C)COC(=O)C=C)(c2ccc(NC(=O)NC(C)(COC(=O)C=C)COC(=O)C=C)cc2)c2ccc(NC(=O)NC(C)(COC(=O)C=C)COC(=O)C=C)cc2)cc1. The van der Waals surface area contributed by atoms with Gasteiger partial charge in [0.25, 0.3) is 0 Å². The van der Waals surface area contributed by atoms with E-state index in [-0.39, 0.29) is 33.8 Å². The number of urea groups is 3. The summed E-state index contributed by atoms with van der Waals surface area (Å²) in [7, 11) is 0. The number of hydrogen-bond acceptors (Lipinski definition) is 21. The van der Waals surface area contributed by atoms with Gasteiger partial charge >= 0.3 is 71.9 Å². The third kappa shape index (κ3) is 24.3. The number of nitrogens with one attached hydrogen (secondary N) is 7. The van der Waals surface area contributed by atoms with E-state index in [4.69, 9.17) is 42.6 Å². The molecule has 0 saturated heterocycles. The molecule has 7 N–H and O–H groups in total. The van der Waals surface area contributed by atoms with E-state index in [1.54, 1.807) is 0 Å². The summed E-state index contributed by atoms with van der Waals surface area (Å²) in [5.74, 6) is -6.88. The largest absolute Gasteiger partial charge is 0.460 e. The molecule has 28 nitrogen and oxygen atoms in total. The lowest BCUT2D eigenvalue weighted by molar-refractivity contribution is -0.146. The number of esters is 8. The van der Waals surface area contributed by atoms with Crippen LogP contribution in [0.5, 0.6) is 0 Å². The van der Waals surface area contributed by atoms with Crippen molar-refractivity contribution in [3.05, 3.63) is 191 Å². The molecule has 3 aromatic rings. The Morgan fingerprint density at radius 2 is 0.484 bits per heavy atom. The number of hydrogen-bond donors (Lipinski definition) is 7. The van der Waals surface area contributed by atoms with Crippen LogP contribution in [0.25, 0.3) is 0 Å². The zero-order valence-corrected chi connectivity index (χ0v) is 50.4. The van der Waals surface area contributed by atoms with Crippen molar-refractivity contribution in [1.82, 2.24) is 21.3 Å². The van der Waals surface area contributed by atoms with Gasteiger partial charge in [-0.15, -0.1) is 0 Å². The molecule has 3 rings (SSSR count). The molecule has 0 bridgehead atoms. The third-order valence-corrected chi connectivity index (χ3v) is 12.1. The van der Waals surface area contributed by atoms with Crippen LogP contribution >= 0.6 is 0 Å². The van der Waals surface area contributed by atoms with E-state index in [2.05, 4.69) is 89.8 Å². The summed E-state index contributed by atoms with van der Waals surface area (Å²) in [4.78, 5) is 153. The minimum Gasteiger partial charge on any atom is -0.460 e. The first-order valence-corrected chi connectivity index (χ1v) is 26.9. The van der Waals surface area contributed by atoms with Crippen LogP contribution in [-0.4, -0.2) is 147 Å². The van der Waals surface area contributed by atoms with Crippen LogP contribution in [0.2, 0.25) is 0 Å². The highest BCUT2D eigenvalue weighted by molar-refractivity contribution is 5.92. The van der Waals surface area contributed by atoms with Gasteiger partial charge in [0.2, 0.25) is 0 Å². The van der Waals surface area contributed by atoms with Crippen LogP contribution in [0.15, 0.2) is 174 Å². The molecule has 0 aromatic heterocycles. The summed E-state index contributed by atoms with van der Waals surface area (Å²) in [6.45, 7) is 28.4. The first-order chi connectivity index (χ1) is 43.0. The van der Waals surface area contributed by atoms with E-state index in [1.165, 1.54) is 100 Å². The highest BCUT2D eigenvalue weighted by Crippen LogP contribution is 2.42. The van der Waals surface area contributed by atoms with E-state index in [1.807, 2.05) is 0 Å². The summed E-state index contributed by atoms with van der Waals surface area (Å²) >= 11 is 0. The summed E-state index contributed by atoms with van der Waals surface area (Å²) in [6.07, 6.45) is 5.79. The Balaban J connectivity index is 2.35. The van der Waals surface area contributed by atoms with E-state index in [9.17, 15) is 57.5 Å². The van der Waals surface area contributed by atoms with Gasteiger partial charge in [-0.25, -0.2) is 57.5 Å². The topological polar surface area (TPSA) is 372 Å². The Bertz CT molecular complexity index is 2890. The molecule has 0 heterocycles. The Kier molecular flexibility index (Phi) is 28.1. The molecule has 0 aliphatic carbocycles. The van der Waals surface area contributed by atoms with Crippen molar-refractivity contribution in [1.29, 1.82) is 0 Å². The van der Waals surface area contributed by atoms with Gasteiger partial charge in [-0.05, 0) is 64.1 Å². The Labute approximate surface area is 523 Å². The van der Waals surface area contributed by atoms with E-state index < -0.39 is 153 Å². The molecule has 0 unspecified atom stereocenters. The van der Waals surface area contributed by atoms with Gasteiger partial charge in [0, 0.05) is 82.4 Å². The molecule has 0 atom stereocenters. The summed E-state index contributed by atoms with van der Waals surface area (Å²) in [5, 5.41) is 18.4. The second-order valence-corrected chi connectivity index (χ2v) is 20.4. The molecule has 7 amide bonds. The molecular weight excluding hydrogens is 1190 g/mol. The molecule has 0 spiro atoms. The van der Waals surface area contributed by atoms with Crippen LogP contribution < -0.4 is 37.2 Å². The van der Waals surface area contributed by atoms with E-state index in [0.717, 1.165) is 48.6 Å². The summed E-state index contributed by atoms with van der Waals surface area (Å²) in [5.41, 5.74) is -7.88. The molecule has 484 valence electrons. The van der Waals surface area contributed by atoms with Gasteiger partial charge in [0.15, 0.2) is 5.60 Å². The smallest absolute Gasteiger partial charge is 0.409 e. The fraction of sp³-hybridized carbons (Fsp3) is 0.270. The lowest BCUT2D eigenvalue weighted by atomic mass is 9.79. The standard InChI is InChI=1S/C63H71N7O21/c1-13-47(71)83-33-59(9,34-84-48(72)14-2)67-55(79)64-44-27-21-41(22-28-44)63(91-58(82)70-62(12,39-89-53(77)19-7)40-90-54(78)20-8,42-23-29-45(30-24-42)65-56(80)68-60(10,35-85-49(73)15-3)36-86-50(74)16-4)43-25-31-46(32-26-43)66-57(81)69-61(11,37-87-51(75)17-5)38-88-52(76)18-6/h13-32H,1-8,33-40H2,9-12H3,(H,70,82)(H2,64,67,79)(H2,65,68,80)(H2,66,69,81). The Morgan fingerprint density at radius 1 is 0.308 bits per heavy atom. The number of carbonyl (C=O) groups is 12. The predicted octanol–water partition coefficient (Wildman–Crippen LogP) is 5.94. The molecule has 0 saturated carbocycles. The lowest BCUT2D eigenvalue weighted by Crippen LogP contribution is -2.55. The van der Waals surface area contributed by atoms with Crippen LogP contribution in [0.4, 0.5) is 36.2 Å². The highest BCUT2D eigenvalue weighted by atomic mass is 16.6. The molecule has 0 aliphatic heterocycles. The number of rotatable bonds is 35. The number of alkyl carbamates (subject to hydrolysis) is 1. The van der Waals surface area contributed by atoms with E-state index >= 15 is 0 Å². The minimum absolute atomic E-state index is 0.0981. The fourth-order valence-electron chi connectivity index (χ4n) is 7.53. The molecule has 28 heteroatoms. The van der Waals surface area contributed by atoms with Crippen molar-refractivity contribution in [2.75, 3.05) is 68.8 Å². The number of benzene rings is 3. The maximum Gasteiger partial charge on any atom is 0.409 e. The Morgan fingerprint density at radius 3 is 0.659 bits per heavy atom. The average Bonchev–Trinajstić information content (AvgIpc) is 0.769. The van der Waals surface area contributed by atoms with Crippen LogP contribution in [0.3, 0.4) is 0 Å². The number of amides is 7. The normalized spacial score (nSPS) is 11.0. The number of ether oxygens (including phenoxy) is 9. The minimum atomic E-state index is -2.18. The monoisotopic (exact) mass is 1260 g/mol. The lowest BCUT2D eigenvalue weighted by Gasteiger charge is -2.37. The molecule has 0 radical (unpaired) electrons. The van der Waals surface area contributed by atoms with Gasteiger partial charge in [0.05, 0.1) is 0 Å². The molecule has 91 heavy (non-hydrogen) atoms. The zero-order chi connectivity index (χ0) is 68.0. The van der Waals surface area contributed by atoms with Crippen molar-refractivity contribution in [2.45, 2.75) is 55.5 Å². The van der Waals surface area contributed by atoms with Crippen LogP contribution in [0, 0.1) is 0 Å². The third-order valence-electron chi connectivity index (χ3n) is 12.1. The highest BCUT2D eigenvalue weighted by Gasteiger charge is 2.43. The second-order valence-electron chi connectivity index (χ2n) is 20.4. The predicted molar refractivity (Wildman–Crippen MR) is 328 cm³/mol. The second kappa shape index (κ2) is 34.7. The van der Waals surface area contributed by atoms with Crippen LogP contribution in [0.1, 0.15) is 44.4 Å². The molecule has 0 aliphatic rings. The molecule has 0 fully saturated rings. The quantitative estimate of drug-likeness (QED) is 0.0155. The fourth-order valence-corrected chi connectivity index (χ4v) is 7.53. The maximum atomic E-state index is 14.9. The first-order valence-electron chi connectivity index (χ1n) is 26.9. The van der Waals surface area contributed by atoms with Gasteiger partial charge in [-0.3, -0.25) is 0 Å². The zero-order valence-electron chi connectivity index (χ0n) is 50.4. The maximum absolute atomic E-state index is 14.9. The van der Waals surface area contributed by atoms with Gasteiger partial charge in [-0.1, -0.05) is 89.0 Å². The van der Waals surface area contributed by atoms with Crippen molar-refractivity contribution in [3.8, 4) is 0 Å². The summed E-state index contributed by atoms with van der Waals surface area (Å²) < 4.78 is 48.2. The van der Waals surface area contributed by atoms with Crippen LogP contribution in [-0.2, 0) is 86.6 Å².